The van der Waals surface area contributed by atoms with Crippen molar-refractivity contribution in [3.8, 4) is 0 Å². The maximum absolute atomic E-state index is 13.0. The number of halogens is 2. The molecule has 0 fully saturated rings. The zero-order valence-electron chi connectivity index (χ0n) is 16.5. The first-order chi connectivity index (χ1) is 15.8. The second kappa shape index (κ2) is 8.42. The Morgan fingerprint density at radius 1 is 1.06 bits per heavy atom. The first-order valence-corrected chi connectivity index (χ1v) is 12.0. The van der Waals surface area contributed by atoms with Crippen LogP contribution < -0.4 is 4.90 Å². The van der Waals surface area contributed by atoms with Crippen LogP contribution in [0.15, 0.2) is 58.9 Å². The number of hydrogen-bond donors (Lipinski definition) is 0. The predicted octanol–water partition coefficient (Wildman–Crippen LogP) is 6.60. The number of benzene rings is 3. The number of rotatable bonds is 5. The van der Waals surface area contributed by atoms with Crippen LogP contribution in [0.2, 0.25) is 10.0 Å². The highest BCUT2D eigenvalue weighted by Gasteiger charge is 2.41. The lowest BCUT2D eigenvalue weighted by molar-refractivity contribution is -0.385. The summed E-state index contributed by atoms with van der Waals surface area (Å²) >= 11 is 15.1. The van der Waals surface area contributed by atoms with Gasteiger partial charge < -0.3 is 0 Å². The van der Waals surface area contributed by atoms with Gasteiger partial charge in [0, 0.05) is 21.9 Å². The molecule has 1 aliphatic rings. The van der Waals surface area contributed by atoms with Gasteiger partial charge in [-0.25, -0.2) is 9.88 Å². The zero-order chi connectivity index (χ0) is 23.3. The number of nitro benzene ring substituents is 1. The van der Waals surface area contributed by atoms with E-state index >= 15 is 0 Å². The average molecular weight is 516 g/mol. The molecule has 5 rings (SSSR count). The van der Waals surface area contributed by atoms with Gasteiger partial charge in [-0.1, -0.05) is 47.1 Å². The number of hydrogen-bond acceptors (Lipinski definition) is 7. The van der Waals surface area contributed by atoms with Gasteiger partial charge in [-0.3, -0.25) is 19.7 Å². The van der Waals surface area contributed by atoms with Crippen LogP contribution in [0.25, 0.3) is 10.2 Å². The summed E-state index contributed by atoms with van der Waals surface area (Å²) in [6, 6.07) is 14.4. The molecule has 0 aliphatic carbocycles. The molecule has 33 heavy (non-hydrogen) atoms. The molecule has 2 amide bonds. The summed E-state index contributed by atoms with van der Waals surface area (Å²) in [6.45, 7) is 0. The van der Waals surface area contributed by atoms with Crippen LogP contribution in [0.5, 0.6) is 0 Å². The monoisotopic (exact) mass is 515 g/mol. The molecule has 11 heteroatoms. The van der Waals surface area contributed by atoms with Gasteiger partial charge in [-0.2, -0.15) is 0 Å². The molecule has 0 N–H and O–H groups in total. The van der Waals surface area contributed by atoms with Crippen molar-refractivity contribution in [3.63, 3.8) is 0 Å². The van der Waals surface area contributed by atoms with E-state index in [-0.39, 0.29) is 16.8 Å². The van der Waals surface area contributed by atoms with Gasteiger partial charge in [0.1, 0.15) is 5.56 Å². The average Bonchev–Trinajstić information content (AvgIpc) is 3.30. The molecular weight excluding hydrogens is 505 g/mol. The van der Waals surface area contributed by atoms with E-state index in [1.807, 2.05) is 6.07 Å². The Balaban J connectivity index is 1.43. The van der Waals surface area contributed by atoms with Crippen LogP contribution in [0, 0.1) is 10.1 Å². The number of aromatic nitrogens is 1. The number of anilines is 1. The molecule has 4 aromatic rings. The molecular formula is C22H11Cl2N3O4S2. The van der Waals surface area contributed by atoms with Crippen molar-refractivity contribution in [2.75, 3.05) is 4.90 Å². The second-order valence-electron chi connectivity index (χ2n) is 7.06. The molecule has 7 nitrogen and oxygen atoms in total. The molecule has 3 aromatic carbocycles. The lowest BCUT2D eigenvalue weighted by atomic mass is 10.1. The van der Waals surface area contributed by atoms with E-state index in [0.29, 0.717) is 21.5 Å². The van der Waals surface area contributed by atoms with Gasteiger partial charge in [-0.05, 0) is 42.0 Å². The molecule has 0 bridgehead atoms. The zero-order valence-corrected chi connectivity index (χ0v) is 19.6. The highest BCUT2D eigenvalue weighted by molar-refractivity contribution is 8.00. The van der Waals surface area contributed by atoms with E-state index in [9.17, 15) is 19.7 Å². The van der Waals surface area contributed by atoms with Gasteiger partial charge in [-0.15, -0.1) is 11.3 Å². The van der Waals surface area contributed by atoms with E-state index in [1.165, 1.54) is 41.3 Å². The van der Waals surface area contributed by atoms with Crippen molar-refractivity contribution in [1.82, 2.24) is 4.98 Å². The molecule has 1 aliphatic heterocycles. The lowest BCUT2D eigenvalue weighted by Crippen LogP contribution is -2.29. The van der Waals surface area contributed by atoms with Gasteiger partial charge in [0.05, 0.1) is 26.4 Å². The maximum Gasteiger partial charge on any atom is 0.283 e. The molecule has 164 valence electrons. The van der Waals surface area contributed by atoms with Crippen molar-refractivity contribution >= 4 is 79.7 Å². The minimum atomic E-state index is -0.710. The van der Waals surface area contributed by atoms with E-state index in [0.717, 1.165) is 25.0 Å². The molecule has 0 unspecified atom stereocenters. The Morgan fingerprint density at radius 3 is 2.64 bits per heavy atom. The number of carbonyl (C=O) groups is 2. The topological polar surface area (TPSA) is 93.4 Å². The predicted molar refractivity (Wildman–Crippen MR) is 130 cm³/mol. The maximum atomic E-state index is 13.0. The highest BCUT2D eigenvalue weighted by Crippen LogP contribution is 2.38. The first kappa shape index (κ1) is 21.8. The van der Waals surface area contributed by atoms with Gasteiger partial charge in [0.15, 0.2) is 4.34 Å². The largest absolute Gasteiger partial charge is 0.283 e. The number of nitro groups is 1. The molecule has 0 spiro atoms. The first-order valence-electron chi connectivity index (χ1n) is 9.47. The summed E-state index contributed by atoms with van der Waals surface area (Å²) in [5.41, 5.74) is 1.44. The highest BCUT2D eigenvalue weighted by atomic mass is 35.5. The fourth-order valence-corrected chi connectivity index (χ4v) is 6.19. The minimum Gasteiger partial charge on any atom is -0.268 e. The number of nitrogens with zero attached hydrogens (tertiary/aromatic N) is 3. The fraction of sp³-hybridized carbons (Fsp3) is 0.0455. The summed E-state index contributed by atoms with van der Waals surface area (Å²) in [4.78, 5) is 42.1. The van der Waals surface area contributed by atoms with Crippen LogP contribution in [0.3, 0.4) is 0 Å². The van der Waals surface area contributed by atoms with Crippen molar-refractivity contribution in [2.45, 2.75) is 10.1 Å². The van der Waals surface area contributed by atoms with Crippen molar-refractivity contribution in [2.24, 2.45) is 0 Å². The quantitative estimate of drug-likeness (QED) is 0.128. The van der Waals surface area contributed by atoms with Crippen LogP contribution >= 0.6 is 46.3 Å². The summed E-state index contributed by atoms with van der Waals surface area (Å²) in [6.07, 6.45) is 0. The van der Waals surface area contributed by atoms with E-state index in [4.69, 9.17) is 23.2 Å². The Hall–Kier alpha value is -2.98. The van der Waals surface area contributed by atoms with Crippen molar-refractivity contribution in [3.05, 3.63) is 91.4 Å². The minimum absolute atomic E-state index is 0.0229. The Bertz CT molecular complexity index is 1490. The van der Waals surface area contributed by atoms with Gasteiger partial charge in [0.25, 0.3) is 17.5 Å². The van der Waals surface area contributed by atoms with Crippen molar-refractivity contribution in [1.29, 1.82) is 0 Å². The third-order valence-corrected chi connectivity index (χ3v) is 7.86. The molecule has 1 aromatic heterocycles. The Labute approximate surface area is 205 Å². The van der Waals surface area contributed by atoms with Gasteiger partial charge in [0.2, 0.25) is 0 Å². The molecule has 0 atom stereocenters. The van der Waals surface area contributed by atoms with Crippen LogP contribution in [0.1, 0.15) is 26.3 Å². The van der Waals surface area contributed by atoms with E-state index < -0.39 is 16.7 Å². The summed E-state index contributed by atoms with van der Waals surface area (Å²) in [5.74, 6) is -0.696. The molecule has 0 saturated heterocycles. The lowest BCUT2D eigenvalue weighted by Gasteiger charge is -2.13. The number of amides is 2. The number of thiazole rings is 1. The summed E-state index contributed by atoms with van der Waals surface area (Å²) in [5, 5.41) is 12.5. The standard InChI is InChI=1S/C22H11Cl2N3O4S2/c23-12-5-4-11(15(24)8-12)10-32-22-25-16-7-6-13(9-18(16)33-22)26-20(28)14-2-1-3-17(27(30)31)19(14)21(26)29/h1-9H,10H2. The van der Waals surface area contributed by atoms with Crippen LogP contribution in [-0.2, 0) is 5.75 Å². The van der Waals surface area contributed by atoms with Gasteiger partial charge >= 0.3 is 0 Å². The number of carbonyl (C=O) groups excluding carboxylic acids is 2. The smallest absolute Gasteiger partial charge is 0.268 e. The van der Waals surface area contributed by atoms with Crippen LogP contribution in [-0.4, -0.2) is 21.7 Å². The molecule has 0 radical (unpaired) electrons. The number of fused-ring (bicyclic) bond motifs is 2. The normalized spacial score (nSPS) is 13.1. The second-order valence-corrected chi connectivity index (χ2v) is 10.2. The summed E-state index contributed by atoms with van der Waals surface area (Å²) < 4.78 is 1.58. The van der Waals surface area contributed by atoms with E-state index in [1.54, 1.807) is 30.3 Å². The number of imide groups is 1. The third-order valence-electron chi connectivity index (χ3n) is 5.07. The SMILES string of the molecule is O=C1c2cccc([N+](=O)[O-])c2C(=O)N1c1ccc2nc(SCc3ccc(Cl)cc3Cl)sc2c1. The van der Waals surface area contributed by atoms with E-state index in [2.05, 4.69) is 4.98 Å². The fourth-order valence-electron chi connectivity index (χ4n) is 3.53. The molecule has 0 saturated carbocycles. The van der Waals surface area contributed by atoms with Crippen molar-refractivity contribution < 1.29 is 14.5 Å². The third kappa shape index (κ3) is 3.87. The van der Waals surface area contributed by atoms with Crippen LogP contribution in [0.4, 0.5) is 11.4 Å². The molecule has 2 heterocycles. The number of thioether (sulfide) groups is 1. The Morgan fingerprint density at radius 2 is 1.88 bits per heavy atom. The summed E-state index contributed by atoms with van der Waals surface area (Å²) in [7, 11) is 0. The Kier molecular flexibility index (Phi) is 5.57.